The number of nitriles is 1. The largest absolute Gasteiger partial charge is 0.349 e. The fraction of sp³-hybridized carbons (Fsp3) is 0.400. The van der Waals surface area contributed by atoms with E-state index in [9.17, 15) is 23.6 Å². The van der Waals surface area contributed by atoms with E-state index in [4.69, 9.17) is 11.6 Å². The van der Waals surface area contributed by atoms with Crippen molar-refractivity contribution >= 4 is 29.1 Å². The van der Waals surface area contributed by atoms with E-state index < -0.39 is 24.1 Å². The monoisotopic (exact) mass is 634 g/mol. The summed E-state index contributed by atoms with van der Waals surface area (Å²) in [5, 5.41) is 30.8. The van der Waals surface area contributed by atoms with Gasteiger partial charge in [-0.1, -0.05) is 18.5 Å². The van der Waals surface area contributed by atoms with Gasteiger partial charge in [0.1, 0.15) is 5.69 Å². The number of pyridine rings is 1. The zero-order valence-electron chi connectivity index (χ0n) is 24.5. The number of nitrogens with zero attached hydrogens (tertiary/aromatic N) is 8. The number of carbonyl (C=O) groups is 2. The second-order valence-corrected chi connectivity index (χ2v) is 11.8. The summed E-state index contributed by atoms with van der Waals surface area (Å²) < 4.78 is 31.1. The molecule has 12 nitrogen and oxygen atoms in total. The molecule has 0 atom stereocenters. The number of aryl methyl sites for hydroxylation is 1. The number of benzene rings is 1. The fourth-order valence-corrected chi connectivity index (χ4v) is 5.58. The Bertz CT molecular complexity index is 1810. The van der Waals surface area contributed by atoms with Crippen molar-refractivity contribution in [1.82, 2.24) is 40.3 Å². The van der Waals surface area contributed by atoms with Gasteiger partial charge in [-0.2, -0.15) is 19.1 Å². The van der Waals surface area contributed by atoms with Crippen LogP contribution in [0.1, 0.15) is 82.5 Å². The van der Waals surface area contributed by atoms with Crippen LogP contribution in [-0.2, 0) is 12.5 Å². The molecule has 0 saturated heterocycles. The first-order valence-electron chi connectivity index (χ1n) is 14.6. The molecular weight excluding hydrogens is 606 g/mol. The van der Waals surface area contributed by atoms with E-state index in [0.29, 0.717) is 17.4 Å². The Morgan fingerprint density at radius 2 is 1.91 bits per heavy atom. The summed E-state index contributed by atoms with van der Waals surface area (Å²) in [4.78, 5) is 31.8. The van der Waals surface area contributed by atoms with Gasteiger partial charge in [0, 0.05) is 18.7 Å². The topological polar surface area (TPSA) is 156 Å². The Balaban J connectivity index is 1.36. The van der Waals surface area contributed by atoms with E-state index in [2.05, 4.69) is 42.3 Å². The van der Waals surface area contributed by atoms with Crippen LogP contribution in [0.2, 0.25) is 5.02 Å². The summed E-state index contributed by atoms with van der Waals surface area (Å²) >= 11 is 6.41. The van der Waals surface area contributed by atoms with E-state index in [1.165, 1.54) is 29.9 Å². The zero-order chi connectivity index (χ0) is 31.9. The van der Waals surface area contributed by atoms with Crippen LogP contribution in [0.15, 0.2) is 36.5 Å². The van der Waals surface area contributed by atoms with Gasteiger partial charge >= 0.3 is 5.92 Å². The van der Waals surface area contributed by atoms with E-state index in [1.54, 1.807) is 25.1 Å². The molecule has 3 aromatic heterocycles. The molecule has 45 heavy (non-hydrogen) atoms. The molecule has 0 bridgehead atoms. The van der Waals surface area contributed by atoms with Crippen molar-refractivity contribution in [3.63, 3.8) is 0 Å². The number of carbonyl (C=O) groups excluding carboxylic acids is 2. The maximum Gasteiger partial charge on any atom is 0.307 e. The molecule has 2 saturated carbocycles. The minimum absolute atomic E-state index is 0.0357. The summed E-state index contributed by atoms with van der Waals surface area (Å²) in [6.07, 6.45) is 5.20. The molecule has 0 spiro atoms. The van der Waals surface area contributed by atoms with Gasteiger partial charge < -0.3 is 10.6 Å². The number of rotatable bonds is 11. The lowest BCUT2D eigenvalue weighted by atomic mass is 10.0. The van der Waals surface area contributed by atoms with Gasteiger partial charge in [-0.05, 0) is 90.8 Å². The van der Waals surface area contributed by atoms with Crippen molar-refractivity contribution in [2.24, 2.45) is 11.8 Å². The van der Waals surface area contributed by atoms with Gasteiger partial charge in [-0.3, -0.25) is 9.59 Å². The molecule has 15 heteroatoms. The Labute approximate surface area is 261 Å². The third-order valence-electron chi connectivity index (χ3n) is 8.05. The highest BCUT2D eigenvalue weighted by Gasteiger charge is 2.42. The SMILES string of the molecule is CCC(F)(F)c1nnnn1Cc1cc(C(=O)Nc2c(C)cc(C#N)cc2C(=O)NC(C2CC2)C2CC2)n(-c2ncccc2Cl)n1. The van der Waals surface area contributed by atoms with Crippen molar-refractivity contribution < 1.29 is 18.4 Å². The molecular formula is C30H29ClF2N10O2. The summed E-state index contributed by atoms with van der Waals surface area (Å²) in [6, 6.07) is 9.74. The average molecular weight is 635 g/mol. The van der Waals surface area contributed by atoms with Gasteiger partial charge in [0.25, 0.3) is 11.8 Å². The molecule has 0 radical (unpaired) electrons. The Hall–Kier alpha value is -4.77. The summed E-state index contributed by atoms with van der Waals surface area (Å²) in [5.41, 5.74) is 1.31. The molecule has 2 aliphatic carbocycles. The van der Waals surface area contributed by atoms with E-state index >= 15 is 0 Å². The number of amides is 2. The fourth-order valence-electron chi connectivity index (χ4n) is 5.38. The average Bonchev–Trinajstić information content (AvgIpc) is 3.96. The molecule has 4 aromatic rings. The van der Waals surface area contributed by atoms with Crippen LogP contribution in [0.25, 0.3) is 5.82 Å². The smallest absolute Gasteiger partial charge is 0.307 e. The number of hydrogen-bond acceptors (Lipinski definition) is 8. The highest BCUT2D eigenvalue weighted by Crippen LogP contribution is 2.44. The molecule has 3 heterocycles. The first-order chi connectivity index (χ1) is 21.6. The van der Waals surface area contributed by atoms with Crippen molar-refractivity contribution in [2.75, 3.05) is 5.32 Å². The highest BCUT2D eigenvalue weighted by atomic mass is 35.5. The minimum atomic E-state index is -3.28. The molecule has 2 aliphatic rings. The lowest BCUT2D eigenvalue weighted by Gasteiger charge is -2.20. The maximum absolute atomic E-state index is 14.5. The van der Waals surface area contributed by atoms with Crippen LogP contribution in [0.3, 0.4) is 0 Å². The first kappa shape index (κ1) is 30.3. The Morgan fingerprint density at radius 1 is 1.18 bits per heavy atom. The molecule has 2 N–H and O–H groups in total. The predicted octanol–water partition coefficient (Wildman–Crippen LogP) is 4.81. The molecule has 2 amide bonds. The van der Waals surface area contributed by atoms with Gasteiger partial charge in [0.05, 0.1) is 40.1 Å². The van der Waals surface area contributed by atoms with Crippen LogP contribution in [0.4, 0.5) is 14.5 Å². The van der Waals surface area contributed by atoms with Gasteiger partial charge in [-0.25, -0.2) is 14.3 Å². The third kappa shape index (κ3) is 6.26. The Morgan fingerprint density at radius 3 is 2.56 bits per heavy atom. The zero-order valence-corrected chi connectivity index (χ0v) is 25.2. The van der Waals surface area contributed by atoms with Gasteiger partial charge in [0.2, 0.25) is 5.82 Å². The second-order valence-electron chi connectivity index (χ2n) is 11.4. The van der Waals surface area contributed by atoms with Crippen LogP contribution in [-0.4, -0.2) is 52.8 Å². The number of anilines is 1. The number of tetrazole rings is 1. The number of nitrogens with one attached hydrogen (secondary N) is 2. The van der Waals surface area contributed by atoms with E-state index in [1.807, 2.05) is 0 Å². The summed E-state index contributed by atoms with van der Waals surface area (Å²) in [5.74, 6) is -3.96. The van der Waals surface area contributed by atoms with Gasteiger partial charge in [0.15, 0.2) is 5.82 Å². The summed E-state index contributed by atoms with van der Waals surface area (Å²) in [7, 11) is 0. The number of halogens is 3. The highest BCUT2D eigenvalue weighted by molar-refractivity contribution is 6.32. The van der Waals surface area contributed by atoms with Crippen LogP contribution < -0.4 is 10.6 Å². The molecule has 2 fully saturated rings. The van der Waals surface area contributed by atoms with Crippen molar-refractivity contribution in [2.45, 2.75) is 64.5 Å². The maximum atomic E-state index is 14.5. The van der Waals surface area contributed by atoms with E-state index in [-0.39, 0.29) is 57.5 Å². The molecule has 232 valence electrons. The Kier molecular flexibility index (Phi) is 8.05. The predicted molar refractivity (Wildman–Crippen MR) is 158 cm³/mol. The quantitative estimate of drug-likeness (QED) is 0.238. The molecule has 0 unspecified atom stereocenters. The normalized spacial score (nSPS) is 14.8. The lowest BCUT2D eigenvalue weighted by molar-refractivity contribution is -0.0217. The minimum Gasteiger partial charge on any atom is -0.349 e. The van der Waals surface area contributed by atoms with Crippen molar-refractivity contribution in [3.05, 3.63) is 75.5 Å². The lowest BCUT2D eigenvalue weighted by Crippen LogP contribution is -2.38. The number of aromatic nitrogens is 7. The molecule has 6 rings (SSSR count). The second kappa shape index (κ2) is 12.0. The molecule has 1 aromatic carbocycles. The summed E-state index contributed by atoms with van der Waals surface area (Å²) in [6.45, 7) is 2.73. The number of hydrogen-bond donors (Lipinski definition) is 2. The standard InChI is InChI=1S/C30H29ClF2N10O2/c1-3-30(32,33)29-38-40-41-42(29)15-20-13-23(43(39-20)26-22(31)5-4-10-35-26)28(45)36-24-16(2)11-17(14-34)12-21(24)27(44)37-25(18-6-7-18)19-8-9-19/h4-5,10-13,18-19,25H,3,6-9,15H2,1-2H3,(H,36,45)(H,37,44). The van der Waals surface area contributed by atoms with Gasteiger partial charge in [-0.15, -0.1) is 5.10 Å². The van der Waals surface area contributed by atoms with Crippen molar-refractivity contribution in [3.8, 4) is 11.9 Å². The third-order valence-corrected chi connectivity index (χ3v) is 8.35. The van der Waals surface area contributed by atoms with E-state index in [0.717, 1.165) is 30.4 Å². The number of alkyl halides is 2. The van der Waals surface area contributed by atoms with Crippen molar-refractivity contribution in [1.29, 1.82) is 5.26 Å². The van der Waals surface area contributed by atoms with Crippen LogP contribution in [0.5, 0.6) is 0 Å². The van der Waals surface area contributed by atoms with Crippen LogP contribution >= 0.6 is 11.6 Å². The molecule has 0 aliphatic heterocycles. The first-order valence-corrected chi connectivity index (χ1v) is 15.0. The van der Waals surface area contributed by atoms with Crippen LogP contribution in [0, 0.1) is 30.1 Å².